The second-order valence-corrected chi connectivity index (χ2v) is 7.03. The first kappa shape index (κ1) is 16.4. The summed E-state index contributed by atoms with van der Waals surface area (Å²) in [6.45, 7) is 1.37. The minimum atomic E-state index is -0.282. The Morgan fingerprint density at radius 3 is 2.54 bits per heavy atom. The van der Waals surface area contributed by atoms with E-state index in [1.807, 2.05) is 24.3 Å². The summed E-state index contributed by atoms with van der Waals surface area (Å²) in [6, 6.07) is 20.0. The lowest BCUT2D eigenvalue weighted by Crippen LogP contribution is -2.16. The lowest BCUT2D eigenvalue weighted by atomic mass is 10.1. The van der Waals surface area contributed by atoms with Gasteiger partial charge in [-0.2, -0.15) is 0 Å². The number of hydrogen-bond donors (Lipinski definition) is 2. The van der Waals surface area contributed by atoms with E-state index in [9.17, 15) is 9.59 Å². The minimum absolute atomic E-state index is 0.157. The molecule has 0 unspecified atom stereocenters. The monoisotopic (exact) mass is 361 g/mol. The Kier molecular flexibility index (Phi) is 4.18. The van der Waals surface area contributed by atoms with Crippen LogP contribution in [0.15, 0.2) is 75.2 Å². The SMILES string of the molecule is CC(=O)Nc1nc2ccc(Sc3ccc4ccccc4c3)cc2c(=O)[nH]1. The van der Waals surface area contributed by atoms with Crippen LogP contribution in [0, 0.1) is 0 Å². The highest BCUT2D eigenvalue weighted by atomic mass is 32.2. The van der Waals surface area contributed by atoms with Crippen LogP contribution in [0.2, 0.25) is 0 Å². The third-order valence-corrected chi connectivity index (χ3v) is 4.91. The quantitative estimate of drug-likeness (QED) is 0.574. The average Bonchev–Trinajstić information content (AvgIpc) is 2.62. The van der Waals surface area contributed by atoms with E-state index in [1.54, 1.807) is 17.8 Å². The van der Waals surface area contributed by atoms with Crippen molar-refractivity contribution in [2.45, 2.75) is 16.7 Å². The summed E-state index contributed by atoms with van der Waals surface area (Å²) in [7, 11) is 0. The molecule has 0 saturated carbocycles. The van der Waals surface area contributed by atoms with Crippen LogP contribution in [-0.2, 0) is 4.79 Å². The van der Waals surface area contributed by atoms with Gasteiger partial charge in [-0.3, -0.25) is 19.9 Å². The van der Waals surface area contributed by atoms with E-state index in [1.165, 1.54) is 17.7 Å². The number of anilines is 1. The van der Waals surface area contributed by atoms with Gasteiger partial charge in [0, 0.05) is 16.7 Å². The number of carbonyl (C=O) groups excluding carboxylic acids is 1. The normalized spacial score (nSPS) is 11.0. The molecule has 0 aliphatic heterocycles. The Labute approximate surface area is 153 Å². The van der Waals surface area contributed by atoms with Crippen LogP contribution in [0.3, 0.4) is 0 Å². The summed E-state index contributed by atoms with van der Waals surface area (Å²) in [6.07, 6.45) is 0. The highest BCUT2D eigenvalue weighted by Gasteiger charge is 2.07. The molecule has 0 saturated heterocycles. The van der Waals surface area contributed by atoms with Crippen molar-refractivity contribution >= 4 is 45.3 Å². The molecule has 4 aromatic rings. The van der Waals surface area contributed by atoms with Crippen LogP contribution in [0.5, 0.6) is 0 Å². The molecule has 0 bridgehead atoms. The van der Waals surface area contributed by atoms with Gasteiger partial charge in [0.1, 0.15) is 0 Å². The number of fused-ring (bicyclic) bond motifs is 2. The summed E-state index contributed by atoms with van der Waals surface area (Å²) in [5, 5.41) is 5.36. The van der Waals surface area contributed by atoms with E-state index >= 15 is 0 Å². The van der Waals surface area contributed by atoms with Crippen molar-refractivity contribution < 1.29 is 4.79 Å². The zero-order valence-corrected chi connectivity index (χ0v) is 14.8. The maximum absolute atomic E-state index is 12.3. The number of rotatable bonds is 3. The summed E-state index contributed by atoms with van der Waals surface area (Å²) >= 11 is 1.59. The number of hydrogen-bond acceptors (Lipinski definition) is 4. The van der Waals surface area contributed by atoms with Gasteiger partial charge in [0.2, 0.25) is 11.9 Å². The molecule has 1 aromatic heterocycles. The Balaban J connectivity index is 1.69. The van der Waals surface area contributed by atoms with Crippen LogP contribution in [0.1, 0.15) is 6.92 Å². The highest BCUT2D eigenvalue weighted by molar-refractivity contribution is 7.99. The first-order valence-electron chi connectivity index (χ1n) is 8.07. The summed E-state index contributed by atoms with van der Waals surface area (Å²) < 4.78 is 0. The van der Waals surface area contributed by atoms with E-state index in [0.29, 0.717) is 10.9 Å². The van der Waals surface area contributed by atoms with Crippen molar-refractivity contribution in [3.63, 3.8) is 0 Å². The van der Waals surface area contributed by atoms with Crippen LogP contribution < -0.4 is 10.9 Å². The van der Waals surface area contributed by atoms with E-state index in [0.717, 1.165) is 9.79 Å². The van der Waals surface area contributed by atoms with E-state index in [2.05, 4.69) is 45.6 Å². The van der Waals surface area contributed by atoms with Gasteiger partial charge < -0.3 is 0 Å². The Hall–Kier alpha value is -3.12. The molecule has 0 atom stereocenters. The number of benzene rings is 3. The molecule has 26 heavy (non-hydrogen) atoms. The number of amides is 1. The summed E-state index contributed by atoms with van der Waals surface area (Å²) in [4.78, 5) is 32.3. The molecule has 1 heterocycles. The van der Waals surface area contributed by atoms with Crippen molar-refractivity contribution in [2.75, 3.05) is 5.32 Å². The smallest absolute Gasteiger partial charge is 0.260 e. The van der Waals surface area contributed by atoms with Crippen LogP contribution >= 0.6 is 11.8 Å². The third-order valence-electron chi connectivity index (χ3n) is 3.93. The number of H-pyrrole nitrogens is 1. The maximum atomic E-state index is 12.3. The fraction of sp³-hybridized carbons (Fsp3) is 0.0500. The van der Waals surface area contributed by atoms with E-state index < -0.39 is 0 Å². The molecule has 5 nitrogen and oxygen atoms in total. The van der Waals surface area contributed by atoms with Crippen LogP contribution in [0.25, 0.3) is 21.7 Å². The van der Waals surface area contributed by atoms with Gasteiger partial charge in [0.25, 0.3) is 5.56 Å². The maximum Gasteiger partial charge on any atom is 0.260 e. The van der Waals surface area contributed by atoms with Crippen molar-refractivity contribution in [3.05, 3.63) is 71.0 Å². The number of nitrogens with one attached hydrogen (secondary N) is 2. The topological polar surface area (TPSA) is 74.8 Å². The van der Waals surface area contributed by atoms with Crippen molar-refractivity contribution in [1.29, 1.82) is 0 Å². The standard InChI is InChI=1S/C20H15N3O2S/c1-12(24)21-20-22-18-9-8-16(11-17(18)19(25)23-20)26-15-7-6-13-4-2-3-5-14(13)10-15/h2-11H,1H3,(H2,21,22,23,24,25). The Morgan fingerprint density at radius 2 is 1.73 bits per heavy atom. The van der Waals surface area contributed by atoms with E-state index in [-0.39, 0.29) is 17.4 Å². The lowest BCUT2D eigenvalue weighted by molar-refractivity contribution is -0.114. The first-order valence-corrected chi connectivity index (χ1v) is 8.88. The van der Waals surface area contributed by atoms with Crippen molar-refractivity contribution in [2.24, 2.45) is 0 Å². The molecule has 0 radical (unpaired) electrons. The second-order valence-electron chi connectivity index (χ2n) is 5.89. The number of nitrogens with zero attached hydrogens (tertiary/aromatic N) is 1. The fourth-order valence-corrected chi connectivity index (χ4v) is 3.68. The third kappa shape index (κ3) is 3.32. The molecule has 128 valence electrons. The van der Waals surface area contributed by atoms with Crippen LogP contribution in [-0.4, -0.2) is 15.9 Å². The minimum Gasteiger partial charge on any atom is -0.296 e. The molecule has 3 aromatic carbocycles. The molecule has 6 heteroatoms. The van der Waals surface area contributed by atoms with Gasteiger partial charge in [-0.1, -0.05) is 42.1 Å². The predicted octanol–water partition coefficient (Wildman–Crippen LogP) is 4.19. The summed E-state index contributed by atoms with van der Waals surface area (Å²) in [5.41, 5.74) is 0.264. The van der Waals surface area contributed by atoms with Crippen molar-refractivity contribution in [1.82, 2.24) is 9.97 Å². The number of aromatic nitrogens is 2. The molecule has 1 amide bonds. The van der Waals surface area contributed by atoms with E-state index in [4.69, 9.17) is 0 Å². The molecule has 0 aliphatic rings. The molecular weight excluding hydrogens is 346 g/mol. The lowest BCUT2D eigenvalue weighted by Gasteiger charge is -2.06. The van der Waals surface area contributed by atoms with Gasteiger partial charge in [0.05, 0.1) is 10.9 Å². The van der Waals surface area contributed by atoms with Gasteiger partial charge in [-0.05, 0) is 41.1 Å². The molecule has 0 fully saturated rings. The molecule has 4 rings (SSSR count). The zero-order chi connectivity index (χ0) is 18.1. The average molecular weight is 361 g/mol. The first-order chi connectivity index (χ1) is 12.6. The fourth-order valence-electron chi connectivity index (χ4n) is 2.77. The van der Waals surface area contributed by atoms with Crippen molar-refractivity contribution in [3.8, 4) is 0 Å². The van der Waals surface area contributed by atoms with Gasteiger partial charge in [-0.25, -0.2) is 4.98 Å². The number of aromatic amines is 1. The van der Waals surface area contributed by atoms with Crippen LogP contribution in [0.4, 0.5) is 5.95 Å². The number of carbonyl (C=O) groups is 1. The predicted molar refractivity (Wildman–Crippen MR) is 105 cm³/mol. The highest BCUT2D eigenvalue weighted by Crippen LogP contribution is 2.31. The molecule has 0 spiro atoms. The largest absolute Gasteiger partial charge is 0.296 e. The van der Waals surface area contributed by atoms with Gasteiger partial charge in [0.15, 0.2) is 0 Å². The van der Waals surface area contributed by atoms with Gasteiger partial charge in [-0.15, -0.1) is 0 Å². The second kappa shape index (κ2) is 6.65. The Morgan fingerprint density at radius 1 is 1.00 bits per heavy atom. The summed E-state index contributed by atoms with van der Waals surface area (Å²) in [5.74, 6) is -0.124. The Bertz CT molecular complexity index is 1200. The molecular formula is C20H15N3O2S. The van der Waals surface area contributed by atoms with Gasteiger partial charge >= 0.3 is 0 Å². The molecule has 2 N–H and O–H groups in total. The molecule has 0 aliphatic carbocycles. The zero-order valence-electron chi connectivity index (χ0n) is 13.9.